The van der Waals surface area contributed by atoms with Crippen molar-refractivity contribution in [1.82, 2.24) is 10.2 Å². The van der Waals surface area contributed by atoms with Gasteiger partial charge in [-0.3, -0.25) is 4.79 Å². The van der Waals surface area contributed by atoms with Crippen LogP contribution in [0.3, 0.4) is 0 Å². The van der Waals surface area contributed by atoms with Crippen molar-refractivity contribution in [2.75, 3.05) is 43.9 Å². The predicted octanol–water partition coefficient (Wildman–Crippen LogP) is 3.52. The second kappa shape index (κ2) is 9.54. The number of hydrogen-bond donors (Lipinski definition) is 1. The van der Waals surface area contributed by atoms with Gasteiger partial charge in [0.15, 0.2) is 9.84 Å². The number of carbonyl (C=O) groups excluding carboxylic acids is 1. The summed E-state index contributed by atoms with van der Waals surface area (Å²) in [5.41, 5.74) is 1.60. The van der Waals surface area contributed by atoms with E-state index in [9.17, 15) is 17.6 Å². The van der Waals surface area contributed by atoms with Gasteiger partial charge < -0.3 is 15.1 Å². The summed E-state index contributed by atoms with van der Waals surface area (Å²) in [6.45, 7) is 8.35. The van der Waals surface area contributed by atoms with Gasteiger partial charge in [0.05, 0.1) is 21.5 Å². The number of likely N-dealkylation sites (N-methyl/N-ethyl adjacent to an activating group) is 1. The Hall–Kier alpha value is -2.16. The van der Waals surface area contributed by atoms with Gasteiger partial charge in [-0.25, -0.2) is 12.8 Å². The highest BCUT2D eigenvalue weighted by Crippen LogP contribution is 2.29. The van der Waals surface area contributed by atoms with Crippen molar-refractivity contribution in [3.05, 3.63) is 58.4 Å². The van der Waals surface area contributed by atoms with Gasteiger partial charge >= 0.3 is 0 Å². The molecule has 0 radical (unpaired) electrons. The zero-order chi connectivity index (χ0) is 22.8. The van der Waals surface area contributed by atoms with Gasteiger partial charge in [0.1, 0.15) is 5.82 Å². The predicted molar refractivity (Wildman–Crippen MR) is 121 cm³/mol. The van der Waals surface area contributed by atoms with Gasteiger partial charge in [0.25, 0.3) is 5.91 Å². The number of piperazine rings is 1. The van der Waals surface area contributed by atoms with Crippen LogP contribution in [-0.4, -0.2) is 58.2 Å². The molecule has 1 aliphatic rings. The molecule has 1 atom stereocenters. The number of nitrogens with zero attached hydrogens (tertiary/aromatic N) is 2. The van der Waals surface area contributed by atoms with Crippen molar-refractivity contribution in [3.8, 4) is 0 Å². The smallest absolute Gasteiger partial charge is 0.253 e. The molecule has 1 amide bonds. The van der Waals surface area contributed by atoms with E-state index in [1.807, 2.05) is 0 Å². The molecule has 0 bridgehead atoms. The molecule has 1 unspecified atom stereocenters. The molecule has 31 heavy (non-hydrogen) atoms. The van der Waals surface area contributed by atoms with Crippen molar-refractivity contribution in [2.45, 2.75) is 24.8 Å². The average molecular weight is 468 g/mol. The average Bonchev–Trinajstić information content (AvgIpc) is 2.73. The van der Waals surface area contributed by atoms with E-state index < -0.39 is 21.8 Å². The van der Waals surface area contributed by atoms with Gasteiger partial charge in [-0.1, -0.05) is 18.5 Å². The minimum absolute atomic E-state index is 0.00921. The molecule has 0 aromatic heterocycles. The third kappa shape index (κ3) is 5.56. The molecule has 9 heteroatoms. The monoisotopic (exact) mass is 467 g/mol. The number of sulfone groups is 1. The molecule has 1 saturated heterocycles. The minimum Gasteiger partial charge on any atom is -0.369 e. The van der Waals surface area contributed by atoms with E-state index in [4.69, 9.17) is 11.6 Å². The van der Waals surface area contributed by atoms with E-state index in [2.05, 4.69) is 22.0 Å². The second-order valence-corrected chi connectivity index (χ2v) is 10.2. The highest BCUT2D eigenvalue weighted by Gasteiger charge is 2.23. The SMILES string of the molecule is CCN1CCN(c2ccc(F)cc2C(C)NC(=O)c2cc(S(C)(=O)=O)ccc2Cl)CC1. The van der Waals surface area contributed by atoms with E-state index in [0.717, 1.165) is 44.7 Å². The minimum atomic E-state index is -3.49. The number of anilines is 1. The normalized spacial score (nSPS) is 16.2. The van der Waals surface area contributed by atoms with Crippen LogP contribution < -0.4 is 10.2 Å². The van der Waals surface area contributed by atoms with Crippen molar-refractivity contribution >= 4 is 33.0 Å². The van der Waals surface area contributed by atoms with Crippen molar-refractivity contribution in [3.63, 3.8) is 0 Å². The molecule has 1 aliphatic heterocycles. The lowest BCUT2D eigenvalue weighted by atomic mass is 10.0. The highest BCUT2D eigenvalue weighted by atomic mass is 35.5. The van der Waals surface area contributed by atoms with Crippen molar-refractivity contribution in [2.24, 2.45) is 0 Å². The Morgan fingerprint density at radius 3 is 2.45 bits per heavy atom. The number of amides is 1. The van der Waals surface area contributed by atoms with E-state index in [1.54, 1.807) is 13.0 Å². The first-order valence-electron chi connectivity index (χ1n) is 10.2. The summed E-state index contributed by atoms with van der Waals surface area (Å²) in [5, 5.41) is 2.98. The van der Waals surface area contributed by atoms with Gasteiger partial charge in [0.2, 0.25) is 0 Å². The number of rotatable bonds is 6. The second-order valence-electron chi connectivity index (χ2n) is 7.73. The van der Waals surface area contributed by atoms with Crippen LogP contribution in [0.1, 0.15) is 35.8 Å². The van der Waals surface area contributed by atoms with Crippen LogP contribution in [0.15, 0.2) is 41.3 Å². The lowest BCUT2D eigenvalue weighted by Gasteiger charge is -2.37. The summed E-state index contributed by atoms with van der Waals surface area (Å²) in [6.07, 6.45) is 1.07. The van der Waals surface area contributed by atoms with Crippen molar-refractivity contribution in [1.29, 1.82) is 0 Å². The molecule has 1 N–H and O–H groups in total. The van der Waals surface area contributed by atoms with Crippen LogP contribution in [0.4, 0.5) is 10.1 Å². The number of hydrogen-bond acceptors (Lipinski definition) is 5. The standard InChI is InChI=1S/C22H27ClFN3O3S/c1-4-26-9-11-27(12-10-26)21-8-5-16(24)13-18(21)15(2)25-22(28)19-14-17(31(3,29)30)6-7-20(19)23/h5-8,13-15H,4,9-12H2,1-3H3,(H,25,28). The maximum absolute atomic E-state index is 14.1. The third-order valence-corrected chi connectivity index (χ3v) is 7.01. The molecule has 1 fully saturated rings. The van der Waals surface area contributed by atoms with E-state index in [1.165, 1.54) is 30.3 Å². The molecular weight excluding hydrogens is 441 g/mol. The summed E-state index contributed by atoms with van der Waals surface area (Å²) in [4.78, 5) is 17.4. The van der Waals surface area contributed by atoms with Gasteiger partial charge in [0, 0.05) is 43.7 Å². The summed E-state index contributed by atoms with van der Waals surface area (Å²) in [6, 6.07) is 8.09. The number of carbonyl (C=O) groups is 1. The summed E-state index contributed by atoms with van der Waals surface area (Å²) in [5.74, 6) is -0.904. The topological polar surface area (TPSA) is 69.7 Å². The number of nitrogens with one attached hydrogen (secondary N) is 1. The van der Waals surface area contributed by atoms with Crippen LogP contribution in [-0.2, 0) is 9.84 Å². The summed E-state index contributed by atoms with van der Waals surface area (Å²) < 4.78 is 37.8. The van der Waals surface area contributed by atoms with Crippen LogP contribution in [0.5, 0.6) is 0 Å². The van der Waals surface area contributed by atoms with Gasteiger partial charge in [-0.05, 0) is 49.9 Å². The fourth-order valence-electron chi connectivity index (χ4n) is 3.73. The molecule has 0 saturated carbocycles. The molecule has 168 valence electrons. The number of benzene rings is 2. The molecule has 0 aliphatic carbocycles. The molecule has 2 aromatic carbocycles. The van der Waals surface area contributed by atoms with Crippen LogP contribution in [0.25, 0.3) is 0 Å². The molecule has 0 spiro atoms. The first-order valence-corrected chi connectivity index (χ1v) is 12.4. The highest BCUT2D eigenvalue weighted by molar-refractivity contribution is 7.90. The maximum atomic E-state index is 14.1. The van der Waals surface area contributed by atoms with Gasteiger partial charge in [-0.2, -0.15) is 0 Å². The lowest BCUT2D eigenvalue weighted by Crippen LogP contribution is -2.46. The fourth-order valence-corrected chi connectivity index (χ4v) is 4.58. The Labute approximate surface area is 187 Å². The van der Waals surface area contributed by atoms with Crippen molar-refractivity contribution < 1.29 is 17.6 Å². The lowest BCUT2D eigenvalue weighted by molar-refractivity contribution is 0.0940. The number of halogens is 2. The maximum Gasteiger partial charge on any atom is 0.253 e. The Morgan fingerprint density at radius 1 is 1.16 bits per heavy atom. The van der Waals surface area contributed by atoms with E-state index in [0.29, 0.717) is 5.56 Å². The quantitative estimate of drug-likeness (QED) is 0.704. The Morgan fingerprint density at radius 2 is 1.84 bits per heavy atom. The molecule has 6 nitrogen and oxygen atoms in total. The molecule has 2 aromatic rings. The van der Waals surface area contributed by atoms with Gasteiger partial charge in [-0.15, -0.1) is 0 Å². The first kappa shape index (κ1) is 23.5. The van der Waals surface area contributed by atoms with Crippen LogP contribution in [0, 0.1) is 5.82 Å². The van der Waals surface area contributed by atoms with E-state index in [-0.39, 0.29) is 21.3 Å². The Balaban J connectivity index is 1.85. The van der Waals surface area contributed by atoms with E-state index >= 15 is 0 Å². The molecule has 1 heterocycles. The Bertz CT molecular complexity index is 1070. The third-order valence-electron chi connectivity index (χ3n) is 5.57. The largest absolute Gasteiger partial charge is 0.369 e. The van der Waals surface area contributed by atoms with Crippen LogP contribution >= 0.6 is 11.6 Å². The summed E-state index contributed by atoms with van der Waals surface area (Å²) in [7, 11) is -3.49. The Kier molecular flexibility index (Phi) is 7.24. The fraction of sp³-hybridized carbons (Fsp3) is 0.409. The zero-order valence-electron chi connectivity index (χ0n) is 17.9. The molecule has 3 rings (SSSR count). The first-order chi connectivity index (χ1) is 14.6. The zero-order valence-corrected chi connectivity index (χ0v) is 19.4. The summed E-state index contributed by atoms with van der Waals surface area (Å²) >= 11 is 6.15. The molecular formula is C22H27ClFN3O3S. The van der Waals surface area contributed by atoms with Crippen LogP contribution in [0.2, 0.25) is 5.02 Å².